The van der Waals surface area contributed by atoms with Crippen molar-refractivity contribution >= 4 is 35.7 Å². The minimum absolute atomic E-state index is 0. The fraction of sp³-hybridized carbons (Fsp3) is 0.300. The Morgan fingerprint density at radius 2 is 1.85 bits per heavy atom. The Labute approximate surface area is 169 Å². The van der Waals surface area contributed by atoms with Crippen molar-refractivity contribution in [3.8, 4) is 0 Å². The number of aliphatic carboxylic acids is 1. The molecule has 0 saturated carbocycles. The largest absolute Gasteiger partial charge is 0.481 e. The van der Waals surface area contributed by atoms with Gasteiger partial charge < -0.3 is 15.3 Å². The predicted octanol–water partition coefficient (Wildman–Crippen LogP) is 3.98. The second-order valence-electron chi connectivity index (χ2n) is 6.30. The van der Waals surface area contributed by atoms with Gasteiger partial charge in [0.2, 0.25) is 0 Å². The number of hydrogen-bond donors (Lipinski definition) is 2. The number of halogens is 2. The van der Waals surface area contributed by atoms with Gasteiger partial charge in [0.25, 0.3) is 0 Å². The molecule has 2 aromatic carbocycles. The summed E-state index contributed by atoms with van der Waals surface area (Å²) in [6, 6.07) is 17.4. The highest BCUT2D eigenvalue weighted by atomic mass is 35.5. The highest BCUT2D eigenvalue weighted by Gasteiger charge is 2.25. The number of carboxylic acids is 1. The molecule has 1 fully saturated rings. The van der Waals surface area contributed by atoms with Crippen LogP contribution in [0.2, 0.25) is 5.02 Å². The summed E-state index contributed by atoms with van der Waals surface area (Å²) in [6.45, 7) is 0.844. The zero-order valence-corrected chi connectivity index (χ0v) is 16.2. The summed E-state index contributed by atoms with van der Waals surface area (Å²) in [4.78, 5) is 16.6. The minimum atomic E-state index is -0.750. The third-order valence-electron chi connectivity index (χ3n) is 4.47. The van der Waals surface area contributed by atoms with Crippen LogP contribution in [0.1, 0.15) is 24.0 Å². The van der Waals surface area contributed by atoms with Crippen molar-refractivity contribution in [3.05, 3.63) is 70.7 Å². The Balaban J connectivity index is 0.00000261. The molecule has 144 valence electrons. The topological polar surface area (TPSA) is 70.9 Å². The molecule has 0 aromatic heterocycles. The van der Waals surface area contributed by atoms with Gasteiger partial charge in [-0.05, 0) is 18.9 Å². The number of benzene rings is 2. The molecule has 1 aliphatic rings. The molecule has 1 saturated heterocycles. The zero-order valence-electron chi connectivity index (χ0n) is 14.7. The van der Waals surface area contributed by atoms with Crippen LogP contribution >= 0.6 is 24.0 Å². The summed E-state index contributed by atoms with van der Waals surface area (Å²) in [5.74, 6) is -1.07. The summed E-state index contributed by atoms with van der Waals surface area (Å²) in [7, 11) is 0. The van der Waals surface area contributed by atoms with Gasteiger partial charge >= 0.3 is 5.97 Å². The second kappa shape index (κ2) is 10.3. The second-order valence-corrected chi connectivity index (χ2v) is 6.71. The number of nitrogens with zero attached hydrogens (tertiary/aromatic N) is 1. The number of carbonyl (C=O) groups is 1. The molecular formula is C20H22Cl2N2O3. The van der Waals surface area contributed by atoms with Crippen LogP contribution in [-0.2, 0) is 9.63 Å². The average molecular weight is 409 g/mol. The van der Waals surface area contributed by atoms with Gasteiger partial charge in [0.1, 0.15) is 12.3 Å². The van der Waals surface area contributed by atoms with E-state index in [4.69, 9.17) is 21.5 Å². The number of piperidine rings is 1. The summed E-state index contributed by atoms with van der Waals surface area (Å²) >= 11 is 6.34. The van der Waals surface area contributed by atoms with Crippen LogP contribution in [0.4, 0.5) is 0 Å². The molecule has 5 nitrogen and oxygen atoms in total. The van der Waals surface area contributed by atoms with E-state index in [-0.39, 0.29) is 24.4 Å². The Hall–Kier alpha value is -2.08. The van der Waals surface area contributed by atoms with Gasteiger partial charge in [-0.1, -0.05) is 65.3 Å². The maximum Gasteiger partial charge on any atom is 0.307 e. The number of carboxylic acid groups (broad SMARTS) is 1. The molecule has 0 radical (unpaired) electrons. The van der Waals surface area contributed by atoms with Crippen LogP contribution in [0, 0.1) is 5.92 Å². The molecule has 0 bridgehead atoms. The minimum Gasteiger partial charge on any atom is -0.481 e. The number of rotatable bonds is 6. The van der Waals surface area contributed by atoms with Crippen molar-refractivity contribution in [2.45, 2.75) is 18.9 Å². The Morgan fingerprint density at radius 3 is 2.48 bits per heavy atom. The maximum atomic E-state index is 11.0. The molecule has 2 aromatic rings. The van der Waals surface area contributed by atoms with Crippen molar-refractivity contribution in [2.75, 3.05) is 13.2 Å². The molecule has 0 spiro atoms. The van der Waals surface area contributed by atoms with Crippen molar-refractivity contribution in [3.63, 3.8) is 0 Å². The molecule has 0 unspecified atom stereocenters. The van der Waals surface area contributed by atoms with Gasteiger partial charge in [-0.25, -0.2) is 0 Å². The molecule has 27 heavy (non-hydrogen) atoms. The SMILES string of the molecule is Cl.O=C(O)[C@@H]1CC[C@@H](CO/N=C(/c2ccccc2)c2ccccc2Cl)NC1. The molecule has 7 heteroatoms. The number of hydrogen-bond acceptors (Lipinski definition) is 4. The van der Waals surface area contributed by atoms with E-state index in [9.17, 15) is 4.79 Å². The summed E-state index contributed by atoms with van der Waals surface area (Å²) in [5, 5.41) is 17.2. The Bertz CT molecular complexity index is 776. The molecule has 0 aliphatic carbocycles. The van der Waals surface area contributed by atoms with Gasteiger partial charge in [0, 0.05) is 23.7 Å². The first-order chi connectivity index (χ1) is 12.6. The van der Waals surface area contributed by atoms with E-state index in [1.807, 2.05) is 54.6 Å². The van der Waals surface area contributed by atoms with Gasteiger partial charge in [0.15, 0.2) is 0 Å². The van der Waals surface area contributed by atoms with Crippen LogP contribution in [0.25, 0.3) is 0 Å². The average Bonchev–Trinajstić information content (AvgIpc) is 2.67. The van der Waals surface area contributed by atoms with Crippen LogP contribution in [0.3, 0.4) is 0 Å². The monoisotopic (exact) mass is 408 g/mol. The first kappa shape index (κ1) is 21.2. The van der Waals surface area contributed by atoms with E-state index < -0.39 is 5.97 Å². The fourth-order valence-electron chi connectivity index (χ4n) is 2.97. The molecule has 1 aliphatic heterocycles. The van der Waals surface area contributed by atoms with E-state index >= 15 is 0 Å². The van der Waals surface area contributed by atoms with Crippen molar-refractivity contribution in [1.82, 2.24) is 5.32 Å². The van der Waals surface area contributed by atoms with Gasteiger partial charge in [-0.2, -0.15) is 0 Å². The Morgan fingerprint density at radius 1 is 1.15 bits per heavy atom. The lowest BCUT2D eigenvalue weighted by atomic mass is 9.95. The smallest absolute Gasteiger partial charge is 0.307 e. The van der Waals surface area contributed by atoms with Crippen molar-refractivity contribution < 1.29 is 14.7 Å². The molecule has 3 rings (SSSR count). The van der Waals surface area contributed by atoms with E-state index in [1.54, 1.807) is 0 Å². The standard InChI is InChI=1S/C20H21ClN2O3.ClH/c21-18-9-5-4-8-17(18)19(14-6-2-1-3-7-14)23-26-13-16-11-10-15(12-22-16)20(24)25;/h1-9,15-16,22H,10-13H2,(H,24,25);1H/b23-19-;/t15-,16+;/m1./s1. The summed E-state index contributed by atoms with van der Waals surface area (Å²) in [5.41, 5.74) is 2.40. The molecular weight excluding hydrogens is 387 g/mol. The molecule has 0 amide bonds. The van der Waals surface area contributed by atoms with E-state index in [0.717, 1.165) is 17.5 Å². The number of nitrogens with one attached hydrogen (secondary N) is 1. The van der Waals surface area contributed by atoms with Crippen LogP contribution in [0.15, 0.2) is 59.8 Å². The Kier molecular flexibility index (Phi) is 8.10. The maximum absolute atomic E-state index is 11.0. The first-order valence-electron chi connectivity index (χ1n) is 8.61. The van der Waals surface area contributed by atoms with Crippen LogP contribution in [0.5, 0.6) is 0 Å². The molecule has 2 N–H and O–H groups in total. The van der Waals surface area contributed by atoms with Crippen LogP contribution in [-0.4, -0.2) is 36.0 Å². The molecule has 1 heterocycles. The van der Waals surface area contributed by atoms with Gasteiger partial charge in [0.05, 0.1) is 10.9 Å². The van der Waals surface area contributed by atoms with E-state index in [0.29, 0.717) is 30.3 Å². The highest BCUT2D eigenvalue weighted by molar-refractivity contribution is 6.35. The summed E-state index contributed by atoms with van der Waals surface area (Å²) < 4.78 is 0. The van der Waals surface area contributed by atoms with Crippen LogP contribution < -0.4 is 5.32 Å². The first-order valence-corrected chi connectivity index (χ1v) is 8.99. The zero-order chi connectivity index (χ0) is 18.4. The third kappa shape index (κ3) is 5.70. The fourth-order valence-corrected chi connectivity index (χ4v) is 3.19. The van der Waals surface area contributed by atoms with Crippen molar-refractivity contribution in [2.24, 2.45) is 11.1 Å². The van der Waals surface area contributed by atoms with E-state index in [2.05, 4.69) is 10.5 Å². The summed E-state index contributed by atoms with van der Waals surface area (Å²) in [6.07, 6.45) is 1.40. The lowest BCUT2D eigenvalue weighted by Gasteiger charge is -2.26. The molecule has 2 atom stereocenters. The lowest BCUT2D eigenvalue weighted by Crippen LogP contribution is -2.43. The quantitative estimate of drug-likeness (QED) is 0.559. The van der Waals surface area contributed by atoms with Crippen molar-refractivity contribution in [1.29, 1.82) is 0 Å². The predicted molar refractivity (Wildman–Crippen MR) is 109 cm³/mol. The lowest BCUT2D eigenvalue weighted by molar-refractivity contribution is -0.142. The van der Waals surface area contributed by atoms with E-state index in [1.165, 1.54) is 0 Å². The number of oxime groups is 1. The van der Waals surface area contributed by atoms with Gasteiger partial charge in [-0.3, -0.25) is 4.79 Å². The van der Waals surface area contributed by atoms with Gasteiger partial charge in [-0.15, -0.1) is 12.4 Å². The highest BCUT2D eigenvalue weighted by Crippen LogP contribution is 2.20. The normalized spacial score (nSPS) is 19.8. The third-order valence-corrected chi connectivity index (χ3v) is 4.80.